The van der Waals surface area contributed by atoms with E-state index in [9.17, 15) is 9.59 Å². The van der Waals surface area contributed by atoms with Gasteiger partial charge in [-0.2, -0.15) is 0 Å². The highest BCUT2D eigenvalue weighted by Crippen LogP contribution is 2.49. The molecule has 5 heteroatoms. The number of carbonyl (C=O) groups excluding carboxylic acids is 2. The molecule has 1 fully saturated rings. The highest BCUT2D eigenvalue weighted by molar-refractivity contribution is 9.10. The minimum absolute atomic E-state index is 0.107. The molecule has 0 saturated carbocycles. The van der Waals surface area contributed by atoms with Crippen molar-refractivity contribution >= 4 is 39.3 Å². The van der Waals surface area contributed by atoms with Crippen LogP contribution in [-0.2, 0) is 20.7 Å². The Morgan fingerprint density at radius 3 is 2.15 bits per heavy atom. The van der Waals surface area contributed by atoms with Crippen LogP contribution in [-0.4, -0.2) is 11.8 Å². The van der Waals surface area contributed by atoms with E-state index in [1.54, 1.807) is 31.2 Å². The van der Waals surface area contributed by atoms with Crippen LogP contribution >= 0.6 is 27.5 Å². The summed E-state index contributed by atoms with van der Waals surface area (Å²) >= 11 is 9.34. The van der Waals surface area contributed by atoms with Gasteiger partial charge in [-0.25, -0.2) is 0 Å². The summed E-state index contributed by atoms with van der Waals surface area (Å²) in [6.07, 6.45) is -0.313. The fourth-order valence-electron chi connectivity index (χ4n) is 3.59. The summed E-state index contributed by atoms with van der Waals surface area (Å²) in [6.45, 7) is 5.35. The van der Waals surface area contributed by atoms with Crippen molar-refractivity contribution in [3.05, 3.63) is 69.2 Å². The van der Waals surface area contributed by atoms with E-state index in [0.29, 0.717) is 11.4 Å². The number of Topliss-reactive ketones (excluding diaryl/α,β-unsaturated/α-hetero) is 1. The standard InChI is InChI=1S/C21H20BrClO3/c1-20(2)17(14-6-10-16(23)11-7-14)26-19(25)21(3,18(20)24)12-13-4-8-15(22)9-5-13/h4-11,17H,12H2,1-3H3/t17-,21+/m0/s1. The third-order valence-electron chi connectivity index (χ3n) is 5.06. The summed E-state index contributed by atoms with van der Waals surface area (Å²) in [4.78, 5) is 26.2. The molecule has 0 N–H and O–H groups in total. The number of rotatable bonds is 3. The van der Waals surface area contributed by atoms with Crippen LogP contribution in [0.15, 0.2) is 53.0 Å². The van der Waals surface area contributed by atoms with Gasteiger partial charge in [0.05, 0.1) is 5.41 Å². The molecule has 1 aliphatic heterocycles. The van der Waals surface area contributed by atoms with Crippen molar-refractivity contribution in [1.29, 1.82) is 0 Å². The molecule has 0 aromatic heterocycles. The van der Waals surface area contributed by atoms with Gasteiger partial charge in [0.2, 0.25) is 0 Å². The van der Waals surface area contributed by atoms with E-state index < -0.39 is 22.9 Å². The Hall–Kier alpha value is -1.65. The molecule has 2 aromatic carbocycles. The first-order chi connectivity index (χ1) is 12.1. The second-order valence-corrected chi connectivity index (χ2v) is 8.88. The maximum atomic E-state index is 13.4. The molecule has 0 amide bonds. The highest BCUT2D eigenvalue weighted by atomic mass is 79.9. The van der Waals surface area contributed by atoms with Crippen molar-refractivity contribution in [2.45, 2.75) is 33.3 Å². The van der Waals surface area contributed by atoms with Crippen molar-refractivity contribution in [2.24, 2.45) is 10.8 Å². The molecular formula is C21H20BrClO3. The molecule has 1 aliphatic rings. The third-order valence-corrected chi connectivity index (χ3v) is 5.84. The Bertz CT molecular complexity index is 843. The van der Waals surface area contributed by atoms with E-state index in [1.165, 1.54) is 0 Å². The number of carbonyl (C=O) groups is 2. The number of halogens is 2. The van der Waals surface area contributed by atoms with Gasteiger partial charge in [-0.15, -0.1) is 0 Å². The smallest absolute Gasteiger partial charge is 0.320 e. The molecule has 0 unspecified atom stereocenters. The summed E-state index contributed by atoms with van der Waals surface area (Å²) in [7, 11) is 0. The zero-order chi connectivity index (χ0) is 19.1. The minimum Gasteiger partial charge on any atom is -0.456 e. The SMILES string of the molecule is CC1(C)C(=O)[C@@](C)(Cc2ccc(Br)cc2)C(=O)O[C@H]1c1ccc(Cl)cc1. The summed E-state index contributed by atoms with van der Waals surface area (Å²) in [5, 5.41) is 0.597. The molecule has 26 heavy (non-hydrogen) atoms. The van der Waals surface area contributed by atoms with E-state index in [4.69, 9.17) is 16.3 Å². The lowest BCUT2D eigenvalue weighted by atomic mass is 9.64. The lowest BCUT2D eigenvalue weighted by Crippen LogP contribution is -2.54. The van der Waals surface area contributed by atoms with Crippen molar-refractivity contribution in [1.82, 2.24) is 0 Å². The number of hydrogen-bond donors (Lipinski definition) is 0. The maximum Gasteiger partial charge on any atom is 0.320 e. The van der Waals surface area contributed by atoms with Crippen molar-refractivity contribution in [2.75, 3.05) is 0 Å². The zero-order valence-electron chi connectivity index (χ0n) is 14.9. The van der Waals surface area contributed by atoms with Crippen LogP contribution in [0.1, 0.15) is 38.0 Å². The minimum atomic E-state index is -1.21. The molecule has 0 radical (unpaired) electrons. The molecule has 136 valence electrons. The van der Waals surface area contributed by atoms with Crippen molar-refractivity contribution in [3.63, 3.8) is 0 Å². The molecular weight excluding hydrogens is 416 g/mol. The van der Waals surface area contributed by atoms with Crippen LogP contribution in [0.25, 0.3) is 0 Å². The van der Waals surface area contributed by atoms with Gasteiger partial charge in [0, 0.05) is 9.50 Å². The predicted octanol–water partition coefficient (Wildman–Crippen LogP) is 5.54. The van der Waals surface area contributed by atoms with Gasteiger partial charge in [-0.05, 0) is 62.6 Å². The monoisotopic (exact) mass is 434 g/mol. The first-order valence-electron chi connectivity index (χ1n) is 8.40. The Balaban J connectivity index is 1.94. The maximum absolute atomic E-state index is 13.4. The average Bonchev–Trinajstić information content (AvgIpc) is 2.60. The van der Waals surface area contributed by atoms with Crippen LogP contribution in [0.5, 0.6) is 0 Å². The Kier molecular flexibility index (Phi) is 5.02. The van der Waals surface area contributed by atoms with Crippen LogP contribution < -0.4 is 0 Å². The first-order valence-corrected chi connectivity index (χ1v) is 9.57. The molecule has 2 atom stereocenters. The van der Waals surface area contributed by atoms with E-state index in [1.807, 2.05) is 38.1 Å². The van der Waals surface area contributed by atoms with E-state index in [2.05, 4.69) is 15.9 Å². The zero-order valence-corrected chi connectivity index (χ0v) is 17.2. The first kappa shape index (κ1) is 19.1. The number of esters is 1. The van der Waals surface area contributed by atoms with Gasteiger partial charge in [0.25, 0.3) is 0 Å². The number of benzene rings is 2. The average molecular weight is 436 g/mol. The van der Waals surface area contributed by atoms with Gasteiger partial charge in [-0.1, -0.05) is 51.8 Å². The number of ether oxygens (including phenoxy) is 1. The number of ketones is 1. The second-order valence-electron chi connectivity index (χ2n) is 7.52. The van der Waals surface area contributed by atoms with Gasteiger partial charge >= 0.3 is 5.97 Å². The largest absolute Gasteiger partial charge is 0.456 e. The fourth-order valence-corrected chi connectivity index (χ4v) is 3.98. The number of hydrogen-bond acceptors (Lipinski definition) is 3. The topological polar surface area (TPSA) is 43.4 Å². The normalized spacial score (nSPS) is 25.0. The lowest BCUT2D eigenvalue weighted by Gasteiger charge is -2.44. The van der Waals surface area contributed by atoms with Gasteiger partial charge < -0.3 is 4.74 Å². The van der Waals surface area contributed by atoms with Crippen molar-refractivity contribution in [3.8, 4) is 0 Å². The van der Waals surface area contributed by atoms with E-state index in [-0.39, 0.29) is 5.78 Å². The third kappa shape index (κ3) is 3.33. The second kappa shape index (κ2) is 6.82. The molecule has 1 heterocycles. The van der Waals surface area contributed by atoms with Crippen LogP contribution in [0.4, 0.5) is 0 Å². The van der Waals surface area contributed by atoms with Crippen LogP contribution in [0.2, 0.25) is 5.02 Å². The van der Waals surface area contributed by atoms with Crippen LogP contribution in [0.3, 0.4) is 0 Å². The summed E-state index contributed by atoms with van der Waals surface area (Å²) < 4.78 is 6.75. The van der Waals surface area contributed by atoms with Gasteiger partial charge in [-0.3, -0.25) is 9.59 Å². The van der Waals surface area contributed by atoms with Gasteiger partial charge in [0.15, 0.2) is 5.78 Å². The van der Waals surface area contributed by atoms with E-state index in [0.717, 1.165) is 15.6 Å². The lowest BCUT2D eigenvalue weighted by molar-refractivity contribution is -0.188. The quantitative estimate of drug-likeness (QED) is 0.469. The fraction of sp³-hybridized carbons (Fsp3) is 0.333. The Morgan fingerprint density at radius 2 is 1.58 bits per heavy atom. The van der Waals surface area contributed by atoms with Gasteiger partial charge in [0.1, 0.15) is 11.5 Å². The summed E-state index contributed by atoms with van der Waals surface area (Å²) in [5.74, 6) is -0.589. The highest BCUT2D eigenvalue weighted by Gasteiger charge is 2.57. The molecule has 0 aliphatic carbocycles. The Morgan fingerprint density at radius 1 is 1.00 bits per heavy atom. The molecule has 0 bridgehead atoms. The van der Waals surface area contributed by atoms with Crippen molar-refractivity contribution < 1.29 is 14.3 Å². The Labute approximate surface area is 166 Å². The van der Waals surface area contributed by atoms with Crippen LogP contribution in [0, 0.1) is 10.8 Å². The molecule has 3 rings (SSSR count). The predicted molar refractivity (Wildman–Crippen MR) is 105 cm³/mol. The molecule has 2 aromatic rings. The molecule has 1 saturated heterocycles. The van der Waals surface area contributed by atoms with E-state index >= 15 is 0 Å². The summed E-state index contributed by atoms with van der Waals surface area (Å²) in [5.41, 5.74) is -0.361. The molecule has 3 nitrogen and oxygen atoms in total. The molecule has 0 spiro atoms. The summed E-state index contributed by atoms with van der Waals surface area (Å²) in [6, 6.07) is 14.7. The number of cyclic esters (lactones) is 1.